The molecule has 0 atom stereocenters. The van der Waals surface area contributed by atoms with E-state index >= 15 is 0 Å². The third-order valence-electron chi connectivity index (χ3n) is 1.73. The second-order valence-electron chi connectivity index (χ2n) is 2.74. The van der Waals surface area contributed by atoms with Crippen molar-refractivity contribution in [3.63, 3.8) is 0 Å². The van der Waals surface area contributed by atoms with Crippen molar-refractivity contribution in [3.05, 3.63) is 28.5 Å². The molecule has 0 saturated heterocycles. The van der Waals surface area contributed by atoms with Crippen molar-refractivity contribution in [1.82, 2.24) is 9.38 Å². The van der Waals surface area contributed by atoms with Crippen LogP contribution in [0.3, 0.4) is 0 Å². The van der Waals surface area contributed by atoms with Gasteiger partial charge in [0.25, 0.3) is 0 Å². The first-order chi connectivity index (χ1) is 5.68. The summed E-state index contributed by atoms with van der Waals surface area (Å²) < 4.78 is 2.83. The number of nitrogens with two attached hydrogens (primary N) is 1. The molecule has 0 saturated carbocycles. The lowest BCUT2D eigenvalue weighted by Crippen LogP contribution is -1.93. The predicted molar refractivity (Wildman–Crippen MR) is 52.0 cm³/mol. The van der Waals surface area contributed by atoms with Gasteiger partial charge in [0.15, 0.2) is 5.65 Å². The summed E-state index contributed by atoms with van der Waals surface area (Å²) in [6, 6.07) is 2.02. The molecule has 2 rings (SSSR count). The van der Waals surface area contributed by atoms with E-state index in [0.29, 0.717) is 5.82 Å². The fraction of sp³-hybridized carbons (Fsp3) is 0.125. The van der Waals surface area contributed by atoms with Crippen molar-refractivity contribution in [2.24, 2.45) is 0 Å². The Labute approximate surface area is 78.3 Å². The third kappa shape index (κ3) is 0.992. The van der Waals surface area contributed by atoms with E-state index in [-0.39, 0.29) is 0 Å². The van der Waals surface area contributed by atoms with E-state index in [1.807, 2.05) is 23.6 Å². The molecular weight excluding hydrogens is 218 g/mol. The number of pyridine rings is 1. The van der Waals surface area contributed by atoms with Crippen LogP contribution in [-0.4, -0.2) is 9.38 Å². The summed E-state index contributed by atoms with van der Waals surface area (Å²) in [5.74, 6) is 0.661. The fourth-order valence-corrected chi connectivity index (χ4v) is 1.85. The highest BCUT2D eigenvalue weighted by atomic mass is 79.9. The first-order valence-corrected chi connectivity index (χ1v) is 4.36. The number of rotatable bonds is 0. The van der Waals surface area contributed by atoms with Crippen LogP contribution in [0.5, 0.6) is 0 Å². The van der Waals surface area contributed by atoms with Gasteiger partial charge in [0.05, 0.1) is 10.7 Å². The van der Waals surface area contributed by atoms with Crippen LogP contribution < -0.4 is 5.73 Å². The van der Waals surface area contributed by atoms with Crippen molar-refractivity contribution in [3.8, 4) is 0 Å². The fourth-order valence-electron chi connectivity index (χ4n) is 1.19. The zero-order valence-electron chi connectivity index (χ0n) is 6.58. The van der Waals surface area contributed by atoms with Gasteiger partial charge in [-0.15, -0.1) is 0 Å². The maximum atomic E-state index is 5.69. The third-order valence-corrected chi connectivity index (χ3v) is 2.31. The second-order valence-corrected chi connectivity index (χ2v) is 3.60. The molecule has 0 radical (unpaired) electrons. The highest BCUT2D eigenvalue weighted by Gasteiger charge is 2.03. The maximum absolute atomic E-state index is 5.69. The number of anilines is 1. The first kappa shape index (κ1) is 7.61. The van der Waals surface area contributed by atoms with E-state index in [4.69, 9.17) is 5.73 Å². The molecule has 0 fully saturated rings. The van der Waals surface area contributed by atoms with Gasteiger partial charge < -0.3 is 5.73 Å². The zero-order valence-corrected chi connectivity index (χ0v) is 8.17. The number of nitrogen functional groups attached to an aromatic ring is 1. The topological polar surface area (TPSA) is 43.3 Å². The van der Waals surface area contributed by atoms with Gasteiger partial charge >= 0.3 is 0 Å². The van der Waals surface area contributed by atoms with Gasteiger partial charge in [-0.3, -0.25) is 4.40 Å². The zero-order chi connectivity index (χ0) is 8.72. The predicted octanol–water partition coefficient (Wildman–Crippen LogP) is 1.99. The Morgan fingerprint density at radius 2 is 2.33 bits per heavy atom. The Morgan fingerprint density at radius 1 is 1.58 bits per heavy atom. The Bertz CT molecular complexity index is 433. The monoisotopic (exact) mass is 225 g/mol. The van der Waals surface area contributed by atoms with Crippen LogP contribution in [0, 0.1) is 6.92 Å². The summed E-state index contributed by atoms with van der Waals surface area (Å²) in [6.07, 6.45) is 3.61. The summed E-state index contributed by atoms with van der Waals surface area (Å²) >= 11 is 3.42. The Morgan fingerprint density at radius 3 is 3.08 bits per heavy atom. The lowest BCUT2D eigenvalue weighted by Gasteiger charge is -1.99. The molecule has 0 aliphatic rings. The van der Waals surface area contributed by atoms with Crippen molar-refractivity contribution in [2.75, 3.05) is 5.73 Å². The number of imidazole rings is 1. The molecule has 0 bridgehead atoms. The van der Waals surface area contributed by atoms with Crippen LogP contribution in [0.25, 0.3) is 5.65 Å². The average Bonchev–Trinajstić information content (AvgIpc) is 2.33. The van der Waals surface area contributed by atoms with Crippen LogP contribution in [0.15, 0.2) is 22.9 Å². The molecule has 12 heavy (non-hydrogen) atoms. The summed E-state index contributed by atoms with van der Waals surface area (Å²) in [7, 11) is 0. The second kappa shape index (κ2) is 2.48. The number of hydrogen-bond donors (Lipinski definition) is 1. The normalized spacial score (nSPS) is 10.8. The molecule has 2 aromatic heterocycles. The minimum absolute atomic E-state index is 0.661. The molecule has 0 spiro atoms. The molecule has 0 unspecified atom stereocenters. The van der Waals surface area contributed by atoms with E-state index in [9.17, 15) is 0 Å². The van der Waals surface area contributed by atoms with Crippen molar-refractivity contribution >= 4 is 27.4 Å². The molecule has 2 aromatic rings. The van der Waals surface area contributed by atoms with Crippen molar-refractivity contribution in [1.29, 1.82) is 0 Å². The minimum atomic E-state index is 0.661. The van der Waals surface area contributed by atoms with Crippen LogP contribution in [0.1, 0.15) is 5.56 Å². The molecule has 0 amide bonds. The van der Waals surface area contributed by atoms with Gasteiger partial charge in [-0.25, -0.2) is 4.98 Å². The van der Waals surface area contributed by atoms with Crippen LogP contribution in [0.2, 0.25) is 0 Å². The minimum Gasteiger partial charge on any atom is -0.383 e. The van der Waals surface area contributed by atoms with Crippen LogP contribution in [0.4, 0.5) is 5.82 Å². The number of nitrogens with zero attached hydrogens (tertiary/aromatic N) is 2. The summed E-state index contributed by atoms with van der Waals surface area (Å²) in [6.45, 7) is 2.02. The molecule has 2 N–H and O–H groups in total. The van der Waals surface area contributed by atoms with E-state index in [1.165, 1.54) is 0 Å². The number of halogens is 1. The molecule has 0 aromatic carbocycles. The Balaban J connectivity index is 2.92. The van der Waals surface area contributed by atoms with Crippen molar-refractivity contribution in [2.45, 2.75) is 6.92 Å². The van der Waals surface area contributed by atoms with Gasteiger partial charge in [-0.05, 0) is 34.5 Å². The van der Waals surface area contributed by atoms with E-state index in [1.54, 1.807) is 6.20 Å². The molecule has 4 heteroatoms. The van der Waals surface area contributed by atoms with Crippen LogP contribution >= 0.6 is 15.9 Å². The lowest BCUT2D eigenvalue weighted by atomic mass is 10.3. The largest absolute Gasteiger partial charge is 0.383 e. The smallest absolute Gasteiger partial charge is 0.152 e. The Hall–Kier alpha value is -1.03. The SMILES string of the molecule is Cc1cc(Br)c2ncc(N)n2c1. The molecule has 3 nitrogen and oxygen atoms in total. The van der Waals surface area contributed by atoms with E-state index < -0.39 is 0 Å². The first-order valence-electron chi connectivity index (χ1n) is 3.57. The van der Waals surface area contributed by atoms with Crippen LogP contribution in [-0.2, 0) is 0 Å². The molecule has 0 aliphatic carbocycles. The molecule has 62 valence electrons. The highest BCUT2D eigenvalue weighted by molar-refractivity contribution is 9.10. The number of aromatic nitrogens is 2. The van der Waals surface area contributed by atoms with Gasteiger partial charge in [-0.1, -0.05) is 0 Å². The summed E-state index contributed by atoms with van der Waals surface area (Å²) in [5.41, 5.74) is 7.70. The summed E-state index contributed by atoms with van der Waals surface area (Å²) in [5, 5.41) is 0. The van der Waals surface area contributed by atoms with Gasteiger partial charge in [0.2, 0.25) is 0 Å². The van der Waals surface area contributed by atoms with Gasteiger partial charge in [0.1, 0.15) is 5.82 Å². The average molecular weight is 226 g/mol. The van der Waals surface area contributed by atoms with Gasteiger partial charge in [-0.2, -0.15) is 0 Å². The number of fused-ring (bicyclic) bond motifs is 1. The maximum Gasteiger partial charge on any atom is 0.152 e. The van der Waals surface area contributed by atoms with Gasteiger partial charge in [0, 0.05) is 6.20 Å². The number of hydrogen-bond acceptors (Lipinski definition) is 2. The molecule has 2 heterocycles. The van der Waals surface area contributed by atoms with Crippen molar-refractivity contribution < 1.29 is 0 Å². The summed E-state index contributed by atoms with van der Waals surface area (Å²) in [4.78, 5) is 4.15. The highest BCUT2D eigenvalue weighted by Crippen LogP contribution is 2.20. The lowest BCUT2D eigenvalue weighted by molar-refractivity contribution is 1.16. The van der Waals surface area contributed by atoms with E-state index in [0.717, 1.165) is 15.7 Å². The van der Waals surface area contributed by atoms with E-state index in [2.05, 4.69) is 20.9 Å². The number of aryl methyl sites for hydroxylation is 1. The quantitative estimate of drug-likeness (QED) is 0.746. The Kier molecular flexibility index (Phi) is 1.58. The standard InChI is InChI=1S/C8H8BrN3/c1-5-2-6(9)8-11-3-7(10)12(8)4-5/h2-4H,10H2,1H3. The molecular formula is C8H8BrN3. The molecule has 0 aliphatic heterocycles.